The molecule has 3 atom stereocenters. The molecule has 6 heteroatoms. The first-order valence-corrected chi connectivity index (χ1v) is 13.7. The van der Waals surface area contributed by atoms with E-state index in [4.69, 9.17) is 23.7 Å². The van der Waals surface area contributed by atoms with E-state index in [1.54, 1.807) is 28.3 Å². The maximum absolute atomic E-state index is 11.1. The van der Waals surface area contributed by atoms with Gasteiger partial charge < -0.3 is 28.8 Å². The van der Waals surface area contributed by atoms with Crippen LogP contribution in [0.1, 0.15) is 68.4 Å². The first-order chi connectivity index (χ1) is 19.2. The van der Waals surface area contributed by atoms with E-state index in [0.717, 1.165) is 34.2 Å². The van der Waals surface area contributed by atoms with Crippen LogP contribution in [0.15, 0.2) is 48.5 Å². The van der Waals surface area contributed by atoms with E-state index in [-0.39, 0.29) is 12.2 Å². The van der Waals surface area contributed by atoms with Crippen LogP contribution >= 0.6 is 0 Å². The van der Waals surface area contributed by atoms with E-state index in [1.807, 2.05) is 56.3 Å². The molecule has 40 heavy (non-hydrogen) atoms. The van der Waals surface area contributed by atoms with Crippen molar-refractivity contribution in [3.05, 3.63) is 76.3 Å². The van der Waals surface area contributed by atoms with E-state index < -0.39 is 5.60 Å². The first kappa shape index (κ1) is 29.1. The Kier molecular flexibility index (Phi) is 9.10. The molecule has 0 aliphatic carbocycles. The number of fused-ring (bicyclic) bond motifs is 1. The monoisotopic (exact) mass is 544 g/mol. The Morgan fingerprint density at radius 2 is 1.27 bits per heavy atom. The summed E-state index contributed by atoms with van der Waals surface area (Å²) in [6.45, 7) is 7.90. The van der Waals surface area contributed by atoms with Gasteiger partial charge in [0.2, 0.25) is 5.75 Å². The highest BCUT2D eigenvalue weighted by molar-refractivity contribution is 5.75. The Morgan fingerprint density at radius 3 is 1.75 bits per heavy atom. The van der Waals surface area contributed by atoms with Gasteiger partial charge in [-0.25, -0.2) is 0 Å². The third-order valence-electron chi connectivity index (χ3n) is 7.35. The molecule has 1 N–H and O–H groups in total. The summed E-state index contributed by atoms with van der Waals surface area (Å²) >= 11 is 0. The minimum absolute atomic E-state index is 0.0544. The fourth-order valence-corrected chi connectivity index (χ4v) is 4.78. The average molecular weight is 545 g/mol. The topological polar surface area (TPSA) is 66.4 Å². The number of ether oxygens (including phenoxy) is 5. The molecule has 1 aliphatic rings. The maximum Gasteiger partial charge on any atom is 0.203 e. The van der Waals surface area contributed by atoms with Crippen molar-refractivity contribution in [3.8, 4) is 28.7 Å². The Balaban J connectivity index is 1.51. The number of aliphatic hydroxyl groups is 1. The van der Waals surface area contributed by atoms with Gasteiger partial charge in [-0.2, -0.15) is 0 Å². The van der Waals surface area contributed by atoms with Crippen LogP contribution in [0.3, 0.4) is 0 Å². The lowest BCUT2D eigenvalue weighted by molar-refractivity contribution is -0.0261. The number of hydrogen-bond acceptors (Lipinski definition) is 6. The molecule has 0 spiro atoms. The van der Waals surface area contributed by atoms with Crippen molar-refractivity contribution in [2.24, 2.45) is 0 Å². The molecule has 3 unspecified atom stereocenters. The summed E-state index contributed by atoms with van der Waals surface area (Å²) in [5.41, 5.74) is 3.69. The highest BCUT2D eigenvalue weighted by Gasteiger charge is 2.44. The minimum Gasteiger partial charge on any atom is -0.493 e. The van der Waals surface area contributed by atoms with Gasteiger partial charge in [-0.15, -0.1) is 0 Å². The first-order valence-electron chi connectivity index (χ1n) is 13.7. The number of methoxy groups -OCH3 is 3. The number of rotatable bonds is 11. The third-order valence-corrected chi connectivity index (χ3v) is 7.35. The van der Waals surface area contributed by atoms with Crippen LogP contribution in [0.5, 0.6) is 28.7 Å². The maximum atomic E-state index is 11.1. The van der Waals surface area contributed by atoms with Crippen LogP contribution in [0.25, 0.3) is 24.3 Å². The second kappa shape index (κ2) is 12.5. The van der Waals surface area contributed by atoms with Crippen LogP contribution < -0.4 is 23.7 Å². The van der Waals surface area contributed by atoms with Gasteiger partial charge in [0, 0.05) is 5.56 Å². The quantitative estimate of drug-likeness (QED) is 0.251. The van der Waals surface area contributed by atoms with E-state index in [0.29, 0.717) is 35.2 Å². The molecular formula is C34H40O6. The summed E-state index contributed by atoms with van der Waals surface area (Å²) in [6.07, 6.45) is 9.49. The molecule has 6 nitrogen and oxygen atoms in total. The zero-order chi connectivity index (χ0) is 28.9. The average Bonchev–Trinajstić information content (AvgIpc) is 3.24. The van der Waals surface area contributed by atoms with Crippen molar-refractivity contribution in [1.29, 1.82) is 0 Å². The summed E-state index contributed by atoms with van der Waals surface area (Å²) in [7, 11) is 4.89. The van der Waals surface area contributed by atoms with Crippen molar-refractivity contribution < 1.29 is 28.8 Å². The van der Waals surface area contributed by atoms with Crippen molar-refractivity contribution in [2.45, 2.75) is 58.3 Å². The molecule has 3 aromatic carbocycles. The van der Waals surface area contributed by atoms with E-state index >= 15 is 0 Å². The Bertz CT molecular complexity index is 1340. The zero-order valence-electron chi connectivity index (χ0n) is 24.5. The van der Waals surface area contributed by atoms with Gasteiger partial charge in [0.1, 0.15) is 11.7 Å². The number of hydrogen-bond donors (Lipinski definition) is 1. The molecule has 0 amide bonds. The summed E-state index contributed by atoms with van der Waals surface area (Å²) in [6, 6.07) is 16.1. The van der Waals surface area contributed by atoms with Gasteiger partial charge in [0.05, 0.1) is 27.4 Å². The Morgan fingerprint density at radius 1 is 0.800 bits per heavy atom. The standard InChI is InChI=1S/C34H40O6/c1-8-22(3)39-33-29(37-6)20-26(21-30(33)38-7)17-15-24-12-10-23(11-13-24)14-16-25-18-27-32(28(19-25)36-5)40-31(9-2)34(27,4)35/h10-22,31,35H,8-9H2,1-7H3/b16-14+,17-15+. The van der Waals surface area contributed by atoms with Gasteiger partial charge in [0.25, 0.3) is 0 Å². The van der Waals surface area contributed by atoms with Crippen LogP contribution in [-0.2, 0) is 5.60 Å². The lowest BCUT2D eigenvalue weighted by Gasteiger charge is -2.23. The largest absolute Gasteiger partial charge is 0.493 e. The van der Waals surface area contributed by atoms with Gasteiger partial charge in [-0.3, -0.25) is 0 Å². The highest BCUT2D eigenvalue weighted by atomic mass is 16.5. The second-order valence-corrected chi connectivity index (χ2v) is 10.2. The molecule has 4 rings (SSSR count). The molecule has 0 bridgehead atoms. The van der Waals surface area contributed by atoms with Gasteiger partial charge >= 0.3 is 0 Å². The van der Waals surface area contributed by atoms with E-state index in [1.165, 1.54) is 0 Å². The van der Waals surface area contributed by atoms with Crippen LogP contribution in [0.4, 0.5) is 0 Å². The summed E-state index contributed by atoms with van der Waals surface area (Å²) in [5.74, 6) is 3.15. The molecule has 3 aromatic rings. The van der Waals surface area contributed by atoms with Crippen LogP contribution in [0.2, 0.25) is 0 Å². The van der Waals surface area contributed by atoms with Crippen LogP contribution in [0, 0.1) is 0 Å². The molecular weight excluding hydrogens is 504 g/mol. The molecule has 0 fully saturated rings. The SMILES string of the molecule is CCC(C)Oc1c(OC)cc(/C=C/c2ccc(/C=C/c3cc(OC)c4c(c3)C(C)(O)C(CC)O4)cc2)cc1OC. The molecule has 0 aromatic heterocycles. The molecule has 0 saturated heterocycles. The minimum atomic E-state index is -1.06. The van der Waals surface area contributed by atoms with Crippen molar-refractivity contribution in [3.63, 3.8) is 0 Å². The molecule has 0 saturated carbocycles. The molecule has 1 aliphatic heterocycles. The zero-order valence-corrected chi connectivity index (χ0v) is 24.5. The fraction of sp³-hybridized carbons (Fsp3) is 0.353. The molecule has 1 heterocycles. The molecule has 0 radical (unpaired) electrons. The summed E-state index contributed by atoms with van der Waals surface area (Å²) in [5, 5.41) is 11.1. The smallest absolute Gasteiger partial charge is 0.203 e. The van der Waals surface area contributed by atoms with E-state index in [9.17, 15) is 5.11 Å². The van der Waals surface area contributed by atoms with Crippen molar-refractivity contribution >= 4 is 24.3 Å². The molecule has 212 valence electrons. The van der Waals surface area contributed by atoms with E-state index in [2.05, 4.69) is 37.3 Å². The number of benzene rings is 3. The predicted molar refractivity (Wildman–Crippen MR) is 161 cm³/mol. The summed E-state index contributed by atoms with van der Waals surface area (Å²) in [4.78, 5) is 0. The van der Waals surface area contributed by atoms with Crippen LogP contribution in [-0.4, -0.2) is 38.6 Å². The predicted octanol–water partition coefficient (Wildman–Crippen LogP) is 7.61. The summed E-state index contributed by atoms with van der Waals surface area (Å²) < 4.78 is 28.8. The lowest BCUT2D eigenvalue weighted by Crippen LogP contribution is -2.34. The fourth-order valence-electron chi connectivity index (χ4n) is 4.78. The van der Waals surface area contributed by atoms with Gasteiger partial charge in [0.15, 0.2) is 23.0 Å². The Labute approximate surface area is 237 Å². The highest BCUT2D eigenvalue weighted by Crippen LogP contribution is 2.48. The second-order valence-electron chi connectivity index (χ2n) is 10.2. The van der Waals surface area contributed by atoms with Crippen molar-refractivity contribution in [1.82, 2.24) is 0 Å². The normalized spacial score (nSPS) is 18.9. The van der Waals surface area contributed by atoms with Crippen molar-refractivity contribution in [2.75, 3.05) is 21.3 Å². The van der Waals surface area contributed by atoms with Gasteiger partial charge in [-0.05, 0) is 73.2 Å². The van der Waals surface area contributed by atoms with Gasteiger partial charge in [-0.1, -0.05) is 62.4 Å². The lowest BCUT2D eigenvalue weighted by atomic mass is 9.89. The third kappa shape index (κ3) is 6.13. The Hall–Kier alpha value is -3.90.